The predicted molar refractivity (Wildman–Crippen MR) is 65.5 cm³/mol. The van der Waals surface area contributed by atoms with Crippen LogP contribution in [-0.4, -0.2) is 16.8 Å². The van der Waals surface area contributed by atoms with E-state index in [-0.39, 0.29) is 5.82 Å². The first-order chi connectivity index (χ1) is 8.20. The van der Waals surface area contributed by atoms with Crippen molar-refractivity contribution in [3.63, 3.8) is 0 Å². The lowest BCUT2D eigenvalue weighted by atomic mass is 10.2. The molecule has 0 bridgehead atoms. The van der Waals surface area contributed by atoms with Crippen molar-refractivity contribution in [1.82, 2.24) is 15.1 Å². The summed E-state index contributed by atoms with van der Waals surface area (Å²) in [6, 6.07) is 6.27. The van der Waals surface area contributed by atoms with E-state index in [0.29, 0.717) is 18.1 Å². The summed E-state index contributed by atoms with van der Waals surface area (Å²) in [5, 5.41) is 7.80. The fourth-order valence-corrected chi connectivity index (χ4v) is 1.84. The van der Waals surface area contributed by atoms with Crippen LogP contribution in [0.25, 0.3) is 0 Å². The maximum Gasteiger partial charge on any atom is 0.123 e. The van der Waals surface area contributed by atoms with Crippen LogP contribution in [-0.2, 0) is 13.1 Å². The van der Waals surface area contributed by atoms with E-state index in [4.69, 9.17) is 11.6 Å². The Hall–Kier alpha value is -1.39. The molecule has 2 rings (SSSR count). The molecule has 90 valence electrons. The molecule has 1 N–H and O–H groups in total. The molecule has 0 unspecified atom stereocenters. The van der Waals surface area contributed by atoms with Gasteiger partial charge in [-0.1, -0.05) is 11.6 Å². The highest BCUT2D eigenvalue weighted by Crippen LogP contribution is 2.18. The standard InChI is InChI=1S/C12H13ClFN3/c1-15-7-11-4-5-16-17(11)8-9-6-10(14)2-3-12(9)13/h2-6,15H,7-8H2,1H3. The van der Waals surface area contributed by atoms with E-state index in [1.165, 1.54) is 12.1 Å². The van der Waals surface area contributed by atoms with Crippen LogP contribution in [0.3, 0.4) is 0 Å². The third-order valence-corrected chi connectivity index (χ3v) is 2.86. The smallest absolute Gasteiger partial charge is 0.123 e. The summed E-state index contributed by atoms with van der Waals surface area (Å²) in [4.78, 5) is 0. The number of halogens is 2. The minimum atomic E-state index is -0.285. The van der Waals surface area contributed by atoms with Crippen LogP contribution in [0.4, 0.5) is 4.39 Å². The molecule has 17 heavy (non-hydrogen) atoms. The largest absolute Gasteiger partial charge is 0.314 e. The highest BCUT2D eigenvalue weighted by atomic mass is 35.5. The quantitative estimate of drug-likeness (QED) is 0.907. The maximum absolute atomic E-state index is 13.1. The molecule has 0 saturated heterocycles. The first kappa shape index (κ1) is 12.1. The molecule has 0 aliphatic heterocycles. The van der Waals surface area contributed by atoms with Gasteiger partial charge in [0.2, 0.25) is 0 Å². The lowest BCUT2D eigenvalue weighted by Crippen LogP contribution is -2.13. The third-order valence-electron chi connectivity index (χ3n) is 2.49. The molecule has 0 amide bonds. The van der Waals surface area contributed by atoms with Crippen molar-refractivity contribution in [3.8, 4) is 0 Å². The highest BCUT2D eigenvalue weighted by Gasteiger charge is 2.06. The Kier molecular flexibility index (Phi) is 3.76. The Bertz CT molecular complexity index is 510. The highest BCUT2D eigenvalue weighted by molar-refractivity contribution is 6.31. The topological polar surface area (TPSA) is 29.9 Å². The molecule has 0 spiro atoms. The zero-order valence-corrected chi connectivity index (χ0v) is 10.2. The molecule has 5 heteroatoms. The van der Waals surface area contributed by atoms with Crippen LogP contribution in [0.2, 0.25) is 5.02 Å². The fourth-order valence-electron chi connectivity index (χ4n) is 1.66. The van der Waals surface area contributed by atoms with E-state index in [2.05, 4.69) is 10.4 Å². The van der Waals surface area contributed by atoms with Gasteiger partial charge in [-0.05, 0) is 36.9 Å². The van der Waals surface area contributed by atoms with Crippen molar-refractivity contribution in [2.75, 3.05) is 7.05 Å². The Balaban J connectivity index is 2.25. The Morgan fingerprint density at radius 3 is 3.00 bits per heavy atom. The molecule has 3 nitrogen and oxygen atoms in total. The van der Waals surface area contributed by atoms with Gasteiger partial charge in [-0.3, -0.25) is 4.68 Å². The van der Waals surface area contributed by atoms with Crippen LogP contribution < -0.4 is 5.32 Å². The second-order valence-electron chi connectivity index (χ2n) is 3.75. The second-order valence-corrected chi connectivity index (χ2v) is 4.15. The van der Waals surface area contributed by atoms with Gasteiger partial charge >= 0.3 is 0 Å². The van der Waals surface area contributed by atoms with Gasteiger partial charge in [-0.2, -0.15) is 5.10 Å². The predicted octanol–water partition coefficient (Wildman–Crippen LogP) is 2.44. The molecule has 0 aliphatic rings. The van der Waals surface area contributed by atoms with E-state index >= 15 is 0 Å². The van der Waals surface area contributed by atoms with E-state index in [9.17, 15) is 4.39 Å². The number of benzene rings is 1. The molecule has 2 aromatic rings. The average Bonchev–Trinajstić information content (AvgIpc) is 2.72. The second kappa shape index (κ2) is 5.29. The van der Waals surface area contributed by atoms with Gasteiger partial charge in [0, 0.05) is 17.8 Å². The molecule has 0 atom stereocenters. The van der Waals surface area contributed by atoms with Gasteiger partial charge in [-0.15, -0.1) is 0 Å². The molecule has 0 saturated carbocycles. The van der Waals surface area contributed by atoms with Crippen molar-refractivity contribution >= 4 is 11.6 Å². The minimum Gasteiger partial charge on any atom is -0.314 e. The van der Waals surface area contributed by atoms with Crippen molar-refractivity contribution in [3.05, 3.63) is 52.6 Å². The van der Waals surface area contributed by atoms with E-state index in [0.717, 1.165) is 11.3 Å². The van der Waals surface area contributed by atoms with E-state index < -0.39 is 0 Å². The maximum atomic E-state index is 13.1. The first-order valence-corrected chi connectivity index (χ1v) is 5.67. The van der Waals surface area contributed by atoms with Gasteiger partial charge in [0.05, 0.1) is 12.2 Å². The fraction of sp³-hybridized carbons (Fsp3) is 0.250. The van der Waals surface area contributed by atoms with Gasteiger partial charge in [-0.25, -0.2) is 4.39 Å². The number of nitrogens with zero attached hydrogens (tertiary/aromatic N) is 2. The monoisotopic (exact) mass is 253 g/mol. The van der Waals surface area contributed by atoms with Crippen LogP contribution in [0.15, 0.2) is 30.5 Å². The number of aromatic nitrogens is 2. The Morgan fingerprint density at radius 2 is 2.24 bits per heavy atom. The molecule has 0 aliphatic carbocycles. The lowest BCUT2D eigenvalue weighted by Gasteiger charge is -2.08. The molecule has 1 aromatic carbocycles. The summed E-state index contributed by atoms with van der Waals surface area (Å²) in [5.74, 6) is -0.285. The summed E-state index contributed by atoms with van der Waals surface area (Å²) in [7, 11) is 1.87. The van der Waals surface area contributed by atoms with Crippen LogP contribution in [0.1, 0.15) is 11.3 Å². The van der Waals surface area contributed by atoms with Crippen molar-refractivity contribution in [1.29, 1.82) is 0 Å². The summed E-state index contributed by atoms with van der Waals surface area (Å²) in [6.45, 7) is 1.19. The van der Waals surface area contributed by atoms with Gasteiger partial charge in [0.15, 0.2) is 0 Å². The molecular formula is C12H13ClFN3. The van der Waals surface area contributed by atoms with Crippen LogP contribution >= 0.6 is 11.6 Å². The molecule has 0 fully saturated rings. The average molecular weight is 254 g/mol. The Morgan fingerprint density at radius 1 is 1.41 bits per heavy atom. The summed E-state index contributed by atoms with van der Waals surface area (Å²) >= 11 is 6.02. The summed E-state index contributed by atoms with van der Waals surface area (Å²) < 4.78 is 14.9. The number of rotatable bonds is 4. The van der Waals surface area contributed by atoms with Crippen molar-refractivity contribution < 1.29 is 4.39 Å². The van der Waals surface area contributed by atoms with Gasteiger partial charge in [0.1, 0.15) is 5.82 Å². The zero-order valence-electron chi connectivity index (χ0n) is 9.45. The normalized spacial score (nSPS) is 10.8. The summed E-state index contributed by atoms with van der Waals surface area (Å²) in [6.07, 6.45) is 1.72. The summed E-state index contributed by atoms with van der Waals surface area (Å²) in [5.41, 5.74) is 1.76. The molecular weight excluding hydrogens is 241 g/mol. The number of hydrogen-bond acceptors (Lipinski definition) is 2. The van der Waals surface area contributed by atoms with Gasteiger partial charge in [0.25, 0.3) is 0 Å². The van der Waals surface area contributed by atoms with Crippen molar-refractivity contribution in [2.24, 2.45) is 0 Å². The van der Waals surface area contributed by atoms with Crippen molar-refractivity contribution in [2.45, 2.75) is 13.1 Å². The first-order valence-electron chi connectivity index (χ1n) is 5.30. The number of hydrogen-bond donors (Lipinski definition) is 1. The number of nitrogens with one attached hydrogen (secondary N) is 1. The van der Waals surface area contributed by atoms with Crippen LogP contribution in [0.5, 0.6) is 0 Å². The van der Waals surface area contributed by atoms with Crippen LogP contribution in [0, 0.1) is 5.82 Å². The molecule has 1 heterocycles. The third kappa shape index (κ3) is 2.84. The SMILES string of the molecule is CNCc1ccnn1Cc1cc(F)ccc1Cl. The molecule has 1 aromatic heterocycles. The van der Waals surface area contributed by atoms with E-state index in [1.807, 2.05) is 13.1 Å². The van der Waals surface area contributed by atoms with E-state index in [1.54, 1.807) is 16.9 Å². The Labute approximate surface area is 104 Å². The minimum absolute atomic E-state index is 0.285. The molecule has 0 radical (unpaired) electrons. The lowest BCUT2D eigenvalue weighted by molar-refractivity contribution is 0.605. The van der Waals surface area contributed by atoms with Gasteiger partial charge < -0.3 is 5.32 Å². The zero-order chi connectivity index (χ0) is 12.3.